The number of halogens is 3. The molecule has 0 saturated heterocycles. The van der Waals surface area contributed by atoms with Crippen molar-refractivity contribution < 1.29 is 4.52 Å². The summed E-state index contributed by atoms with van der Waals surface area (Å²) in [6.07, 6.45) is 0. The summed E-state index contributed by atoms with van der Waals surface area (Å²) in [6, 6.07) is 3.93. The Balaban J connectivity index is 2.14. The van der Waals surface area contributed by atoms with Crippen LogP contribution in [-0.4, -0.2) is 10.1 Å². The van der Waals surface area contributed by atoms with Gasteiger partial charge in [0.2, 0.25) is 5.89 Å². The van der Waals surface area contributed by atoms with Gasteiger partial charge in [0.1, 0.15) is 0 Å². The van der Waals surface area contributed by atoms with E-state index in [1.807, 2.05) is 12.1 Å². The first kappa shape index (κ1) is 13.0. The molecule has 0 fully saturated rings. The quantitative estimate of drug-likeness (QED) is 0.797. The molecule has 0 amide bonds. The fourth-order valence-electron chi connectivity index (χ4n) is 1.29. The normalized spacial score (nSPS) is 10.6. The van der Waals surface area contributed by atoms with Gasteiger partial charge < -0.3 is 9.84 Å². The summed E-state index contributed by atoms with van der Waals surface area (Å²) < 4.78 is 7.81. The van der Waals surface area contributed by atoms with Gasteiger partial charge in [0.15, 0.2) is 5.82 Å². The third-order valence-electron chi connectivity index (χ3n) is 2.00. The largest absolute Gasteiger partial charge is 0.376 e. The van der Waals surface area contributed by atoms with Crippen LogP contribution in [0.4, 0.5) is 5.69 Å². The van der Waals surface area contributed by atoms with Crippen LogP contribution in [0.5, 0.6) is 0 Å². The van der Waals surface area contributed by atoms with Crippen molar-refractivity contribution in [3.63, 3.8) is 0 Å². The number of anilines is 1. The number of hydrogen-bond donors (Lipinski definition) is 1. The molecule has 7 heteroatoms. The maximum absolute atomic E-state index is 4.90. The van der Waals surface area contributed by atoms with Crippen LogP contribution in [0.2, 0.25) is 0 Å². The molecule has 1 aromatic carbocycles. The molecule has 1 aromatic heterocycles. The first-order valence-electron chi connectivity index (χ1n) is 4.74. The van der Waals surface area contributed by atoms with Gasteiger partial charge in [-0.25, -0.2) is 0 Å². The fourth-order valence-corrected chi connectivity index (χ4v) is 3.83. The molecule has 0 radical (unpaired) electrons. The maximum atomic E-state index is 4.90. The van der Waals surface area contributed by atoms with Crippen LogP contribution in [0.25, 0.3) is 0 Å². The van der Waals surface area contributed by atoms with Crippen molar-refractivity contribution in [2.45, 2.75) is 13.5 Å². The van der Waals surface area contributed by atoms with E-state index < -0.39 is 0 Å². The van der Waals surface area contributed by atoms with Gasteiger partial charge in [0.05, 0.1) is 12.2 Å². The summed E-state index contributed by atoms with van der Waals surface area (Å²) in [5.41, 5.74) is 0.954. The zero-order valence-corrected chi connectivity index (χ0v) is 13.6. The van der Waals surface area contributed by atoms with E-state index in [0.717, 1.165) is 19.1 Å². The Bertz CT molecular complexity index is 518. The molecule has 90 valence electrons. The summed E-state index contributed by atoms with van der Waals surface area (Å²) in [4.78, 5) is 4.12. The first-order valence-corrected chi connectivity index (χ1v) is 7.12. The van der Waals surface area contributed by atoms with Crippen LogP contribution in [0, 0.1) is 6.92 Å². The third-order valence-corrected chi connectivity index (χ3v) is 3.71. The number of nitrogens with one attached hydrogen (secondary N) is 1. The standard InChI is InChI=1S/C10H8Br3N3O/c1-5-15-9(16-17-5)4-14-10-7(12)2-6(11)3-8(10)13/h2-3,14H,4H2,1H3. The van der Waals surface area contributed by atoms with Crippen LogP contribution in [-0.2, 0) is 6.54 Å². The lowest BCUT2D eigenvalue weighted by Crippen LogP contribution is -2.02. The highest BCUT2D eigenvalue weighted by Crippen LogP contribution is 2.34. The molecule has 0 spiro atoms. The predicted octanol–water partition coefficient (Wildman–Crippen LogP) is 4.28. The van der Waals surface area contributed by atoms with E-state index >= 15 is 0 Å². The number of aryl methyl sites for hydroxylation is 1. The average Bonchev–Trinajstić information content (AvgIpc) is 2.62. The molecule has 0 atom stereocenters. The zero-order valence-electron chi connectivity index (χ0n) is 8.80. The Morgan fingerprint density at radius 2 is 1.88 bits per heavy atom. The fraction of sp³-hybridized carbons (Fsp3) is 0.200. The molecule has 1 heterocycles. The number of benzene rings is 1. The molecule has 0 aliphatic rings. The van der Waals surface area contributed by atoms with Crippen LogP contribution in [0.15, 0.2) is 30.1 Å². The molecule has 2 aromatic rings. The van der Waals surface area contributed by atoms with E-state index in [2.05, 4.69) is 63.2 Å². The third kappa shape index (κ3) is 3.29. The minimum atomic E-state index is 0.510. The summed E-state index contributed by atoms with van der Waals surface area (Å²) in [6.45, 7) is 2.28. The van der Waals surface area contributed by atoms with Gasteiger partial charge in [-0.1, -0.05) is 21.1 Å². The first-order chi connectivity index (χ1) is 8.06. The second kappa shape index (κ2) is 5.49. The number of hydrogen-bond acceptors (Lipinski definition) is 4. The Morgan fingerprint density at radius 3 is 2.41 bits per heavy atom. The molecule has 0 saturated carbocycles. The lowest BCUT2D eigenvalue weighted by Gasteiger charge is -2.09. The highest BCUT2D eigenvalue weighted by atomic mass is 79.9. The molecule has 0 bridgehead atoms. The van der Waals surface area contributed by atoms with Gasteiger partial charge in [-0.15, -0.1) is 0 Å². The minimum Gasteiger partial charge on any atom is -0.376 e. The highest BCUT2D eigenvalue weighted by Gasteiger charge is 2.08. The Hall–Kier alpha value is -0.400. The molecule has 4 nitrogen and oxygen atoms in total. The van der Waals surface area contributed by atoms with Crippen molar-refractivity contribution in [1.29, 1.82) is 0 Å². The average molecular weight is 426 g/mol. The maximum Gasteiger partial charge on any atom is 0.223 e. The second-order valence-corrected chi connectivity index (χ2v) is 5.95. The topological polar surface area (TPSA) is 51.0 Å². The molecular formula is C10H8Br3N3O. The number of aromatic nitrogens is 2. The monoisotopic (exact) mass is 423 g/mol. The van der Waals surface area contributed by atoms with Crippen LogP contribution >= 0.6 is 47.8 Å². The number of rotatable bonds is 3. The summed E-state index contributed by atoms with van der Waals surface area (Å²) in [5.74, 6) is 1.19. The Labute approximate surface area is 124 Å². The van der Waals surface area contributed by atoms with Crippen molar-refractivity contribution in [1.82, 2.24) is 10.1 Å². The van der Waals surface area contributed by atoms with E-state index in [9.17, 15) is 0 Å². The molecule has 0 aliphatic heterocycles. The summed E-state index contributed by atoms with van der Waals surface area (Å²) in [5, 5.41) is 7.06. The van der Waals surface area contributed by atoms with Gasteiger partial charge in [0, 0.05) is 20.3 Å². The second-order valence-electron chi connectivity index (χ2n) is 3.33. The van der Waals surface area contributed by atoms with Crippen LogP contribution < -0.4 is 5.32 Å². The van der Waals surface area contributed by atoms with Gasteiger partial charge in [0.25, 0.3) is 0 Å². The molecular weight excluding hydrogens is 418 g/mol. The lowest BCUT2D eigenvalue weighted by atomic mass is 10.3. The van der Waals surface area contributed by atoms with E-state index in [-0.39, 0.29) is 0 Å². The molecule has 17 heavy (non-hydrogen) atoms. The summed E-state index contributed by atoms with van der Waals surface area (Å²) in [7, 11) is 0. The molecule has 1 N–H and O–H groups in total. The SMILES string of the molecule is Cc1nc(CNc2c(Br)cc(Br)cc2Br)no1. The Morgan fingerprint density at radius 1 is 1.24 bits per heavy atom. The van der Waals surface area contributed by atoms with Crippen molar-refractivity contribution >= 4 is 53.5 Å². The highest BCUT2D eigenvalue weighted by molar-refractivity contribution is 9.11. The zero-order chi connectivity index (χ0) is 12.4. The van der Waals surface area contributed by atoms with Crippen molar-refractivity contribution in [2.75, 3.05) is 5.32 Å². The van der Waals surface area contributed by atoms with Crippen molar-refractivity contribution in [3.05, 3.63) is 37.3 Å². The number of nitrogens with zero attached hydrogens (tertiary/aromatic N) is 2. The van der Waals surface area contributed by atoms with E-state index in [1.165, 1.54) is 0 Å². The Kier molecular flexibility index (Phi) is 4.22. The van der Waals surface area contributed by atoms with Crippen LogP contribution in [0.1, 0.15) is 11.7 Å². The molecule has 0 aliphatic carbocycles. The smallest absolute Gasteiger partial charge is 0.223 e. The summed E-state index contributed by atoms with van der Waals surface area (Å²) >= 11 is 10.4. The van der Waals surface area contributed by atoms with Gasteiger partial charge in [-0.2, -0.15) is 4.98 Å². The molecule has 0 unspecified atom stereocenters. The predicted molar refractivity (Wildman–Crippen MR) is 75.9 cm³/mol. The van der Waals surface area contributed by atoms with E-state index in [4.69, 9.17) is 4.52 Å². The van der Waals surface area contributed by atoms with Gasteiger partial charge in [-0.05, 0) is 44.0 Å². The minimum absolute atomic E-state index is 0.510. The lowest BCUT2D eigenvalue weighted by molar-refractivity contribution is 0.388. The van der Waals surface area contributed by atoms with Crippen molar-refractivity contribution in [3.8, 4) is 0 Å². The van der Waals surface area contributed by atoms with Crippen LogP contribution in [0.3, 0.4) is 0 Å². The van der Waals surface area contributed by atoms with E-state index in [0.29, 0.717) is 18.3 Å². The van der Waals surface area contributed by atoms with Gasteiger partial charge >= 0.3 is 0 Å². The molecule has 2 rings (SSSR count). The van der Waals surface area contributed by atoms with Crippen molar-refractivity contribution in [2.24, 2.45) is 0 Å². The van der Waals surface area contributed by atoms with E-state index in [1.54, 1.807) is 6.92 Å². The van der Waals surface area contributed by atoms with Gasteiger partial charge in [-0.3, -0.25) is 0 Å².